The second-order valence-corrected chi connectivity index (χ2v) is 5.87. The third kappa shape index (κ3) is 2.58. The smallest absolute Gasteiger partial charge is 0.228 e. The fourth-order valence-corrected chi connectivity index (χ4v) is 2.92. The quantitative estimate of drug-likeness (QED) is 0.939. The summed E-state index contributed by atoms with van der Waals surface area (Å²) in [5.74, 6) is 2.51. The lowest BCUT2D eigenvalue weighted by atomic mass is 10.1. The van der Waals surface area contributed by atoms with Gasteiger partial charge in [-0.15, -0.1) is 0 Å². The van der Waals surface area contributed by atoms with Crippen molar-refractivity contribution in [2.24, 2.45) is 12.0 Å². The molecule has 4 heterocycles. The molecular formula is C16H19N7. The van der Waals surface area contributed by atoms with Crippen LogP contribution in [0.15, 0.2) is 35.3 Å². The van der Waals surface area contributed by atoms with Crippen molar-refractivity contribution < 1.29 is 0 Å². The molecule has 4 rings (SSSR count). The molecule has 2 aliphatic rings. The third-order valence-corrected chi connectivity index (χ3v) is 4.18. The Bertz CT molecular complexity index is 803. The predicted molar refractivity (Wildman–Crippen MR) is 88.7 cm³/mol. The van der Waals surface area contributed by atoms with Crippen molar-refractivity contribution >= 4 is 17.5 Å². The Kier molecular flexibility index (Phi) is 3.33. The van der Waals surface area contributed by atoms with Gasteiger partial charge in [-0.05, 0) is 31.4 Å². The van der Waals surface area contributed by atoms with Crippen LogP contribution in [0, 0.1) is 6.92 Å². The SMILES string of the molecule is Cc1cnc(Nc2ccnn2C)nc1C1=NC2=CCCCN2C1. The van der Waals surface area contributed by atoms with E-state index in [1.165, 1.54) is 6.42 Å². The maximum absolute atomic E-state index is 4.76. The number of anilines is 2. The topological polar surface area (TPSA) is 71.2 Å². The van der Waals surface area contributed by atoms with Gasteiger partial charge < -0.3 is 10.2 Å². The van der Waals surface area contributed by atoms with Crippen LogP contribution in [0.2, 0.25) is 0 Å². The van der Waals surface area contributed by atoms with Crippen molar-refractivity contribution in [1.82, 2.24) is 24.6 Å². The Hall–Kier alpha value is -2.70. The van der Waals surface area contributed by atoms with Gasteiger partial charge in [-0.25, -0.2) is 15.0 Å². The van der Waals surface area contributed by atoms with E-state index in [9.17, 15) is 0 Å². The average molecular weight is 309 g/mol. The monoisotopic (exact) mass is 309 g/mol. The summed E-state index contributed by atoms with van der Waals surface area (Å²) in [4.78, 5) is 16.1. The standard InChI is InChI=1S/C16H19N7/c1-11-9-17-16(20-13-6-7-18-22(13)2)21-15(11)12-10-23-8-4-3-5-14(23)19-12/h5-7,9H,3-4,8,10H2,1-2H3,(H,17,20,21). The second-order valence-electron chi connectivity index (χ2n) is 5.87. The number of rotatable bonds is 3. The molecule has 0 radical (unpaired) electrons. The van der Waals surface area contributed by atoms with E-state index in [1.54, 1.807) is 10.9 Å². The van der Waals surface area contributed by atoms with Crippen LogP contribution in [0.3, 0.4) is 0 Å². The van der Waals surface area contributed by atoms with E-state index in [2.05, 4.69) is 31.4 Å². The Morgan fingerprint density at radius 3 is 3.00 bits per heavy atom. The maximum Gasteiger partial charge on any atom is 0.228 e. The number of allylic oxidation sites excluding steroid dienone is 1. The summed E-state index contributed by atoms with van der Waals surface area (Å²) in [7, 11) is 1.88. The van der Waals surface area contributed by atoms with Gasteiger partial charge in [-0.3, -0.25) is 4.68 Å². The fraction of sp³-hybridized carbons (Fsp3) is 0.375. The van der Waals surface area contributed by atoms with E-state index >= 15 is 0 Å². The zero-order chi connectivity index (χ0) is 15.8. The first-order valence-corrected chi connectivity index (χ1v) is 7.82. The lowest BCUT2D eigenvalue weighted by Crippen LogP contribution is -2.26. The molecule has 0 spiro atoms. The van der Waals surface area contributed by atoms with E-state index in [4.69, 9.17) is 4.99 Å². The van der Waals surface area contributed by atoms with Gasteiger partial charge in [0.1, 0.15) is 11.6 Å². The first-order chi connectivity index (χ1) is 11.2. The zero-order valence-corrected chi connectivity index (χ0v) is 13.3. The van der Waals surface area contributed by atoms with Gasteiger partial charge in [0.2, 0.25) is 5.95 Å². The Labute approximate surface area is 134 Å². The van der Waals surface area contributed by atoms with Crippen LogP contribution in [0.4, 0.5) is 11.8 Å². The minimum atomic E-state index is 0.566. The minimum absolute atomic E-state index is 0.566. The molecule has 0 aliphatic carbocycles. The van der Waals surface area contributed by atoms with Crippen molar-refractivity contribution in [3.63, 3.8) is 0 Å². The van der Waals surface area contributed by atoms with Gasteiger partial charge in [0.25, 0.3) is 0 Å². The van der Waals surface area contributed by atoms with E-state index < -0.39 is 0 Å². The summed E-state index contributed by atoms with van der Waals surface area (Å²) in [5.41, 5.74) is 2.98. The Morgan fingerprint density at radius 1 is 1.30 bits per heavy atom. The van der Waals surface area contributed by atoms with Gasteiger partial charge in [-0.2, -0.15) is 5.10 Å². The fourth-order valence-electron chi connectivity index (χ4n) is 2.92. The molecule has 2 aromatic heterocycles. The number of aromatic nitrogens is 4. The van der Waals surface area contributed by atoms with Crippen LogP contribution in [-0.2, 0) is 7.05 Å². The highest BCUT2D eigenvalue weighted by molar-refractivity contribution is 6.03. The normalized spacial score (nSPS) is 16.9. The number of hydrogen-bond donors (Lipinski definition) is 1. The molecular weight excluding hydrogens is 290 g/mol. The lowest BCUT2D eigenvalue weighted by molar-refractivity contribution is 0.377. The molecule has 0 aromatic carbocycles. The molecule has 0 fully saturated rings. The molecule has 0 unspecified atom stereocenters. The van der Waals surface area contributed by atoms with Gasteiger partial charge >= 0.3 is 0 Å². The van der Waals surface area contributed by atoms with E-state index in [1.807, 2.05) is 26.2 Å². The number of nitrogens with zero attached hydrogens (tertiary/aromatic N) is 6. The van der Waals surface area contributed by atoms with Crippen LogP contribution in [0.1, 0.15) is 24.1 Å². The number of nitrogens with one attached hydrogen (secondary N) is 1. The zero-order valence-electron chi connectivity index (χ0n) is 13.3. The summed E-state index contributed by atoms with van der Waals surface area (Å²) in [6.45, 7) is 3.93. The van der Waals surface area contributed by atoms with Crippen molar-refractivity contribution in [3.05, 3.63) is 41.6 Å². The van der Waals surface area contributed by atoms with Crippen molar-refractivity contribution in [2.75, 3.05) is 18.4 Å². The lowest BCUT2D eigenvalue weighted by Gasteiger charge is -2.21. The molecule has 0 atom stereocenters. The highest BCUT2D eigenvalue weighted by Gasteiger charge is 2.25. The summed E-state index contributed by atoms with van der Waals surface area (Å²) in [6, 6.07) is 1.89. The molecule has 118 valence electrons. The van der Waals surface area contributed by atoms with E-state index in [0.717, 1.165) is 48.1 Å². The summed E-state index contributed by atoms with van der Waals surface area (Å²) < 4.78 is 1.75. The molecule has 2 aromatic rings. The number of aryl methyl sites for hydroxylation is 2. The summed E-state index contributed by atoms with van der Waals surface area (Å²) in [6.07, 6.45) is 8.10. The summed E-state index contributed by atoms with van der Waals surface area (Å²) in [5, 5.41) is 7.34. The molecule has 0 saturated carbocycles. The van der Waals surface area contributed by atoms with E-state index in [-0.39, 0.29) is 0 Å². The van der Waals surface area contributed by atoms with Crippen LogP contribution in [0.5, 0.6) is 0 Å². The van der Waals surface area contributed by atoms with Gasteiger partial charge in [0.15, 0.2) is 0 Å². The molecule has 0 saturated heterocycles. The highest BCUT2D eigenvalue weighted by Crippen LogP contribution is 2.24. The van der Waals surface area contributed by atoms with Crippen molar-refractivity contribution in [2.45, 2.75) is 19.8 Å². The first kappa shape index (κ1) is 13.9. The average Bonchev–Trinajstić information content (AvgIpc) is 3.15. The second kappa shape index (κ2) is 5.49. The first-order valence-electron chi connectivity index (χ1n) is 7.82. The van der Waals surface area contributed by atoms with Crippen LogP contribution in [0.25, 0.3) is 0 Å². The number of hydrogen-bond acceptors (Lipinski definition) is 6. The predicted octanol–water partition coefficient (Wildman–Crippen LogP) is 2.00. The highest BCUT2D eigenvalue weighted by atomic mass is 15.3. The molecule has 7 heteroatoms. The van der Waals surface area contributed by atoms with Crippen LogP contribution < -0.4 is 5.32 Å². The van der Waals surface area contributed by atoms with Crippen LogP contribution >= 0.6 is 0 Å². The largest absolute Gasteiger partial charge is 0.351 e. The summed E-state index contributed by atoms with van der Waals surface area (Å²) >= 11 is 0. The molecule has 2 aliphatic heterocycles. The maximum atomic E-state index is 4.76. The molecule has 0 bridgehead atoms. The molecule has 0 amide bonds. The van der Waals surface area contributed by atoms with E-state index in [0.29, 0.717) is 5.95 Å². The number of aliphatic imine (C=N–C) groups is 1. The van der Waals surface area contributed by atoms with Crippen molar-refractivity contribution in [3.8, 4) is 0 Å². The molecule has 23 heavy (non-hydrogen) atoms. The Balaban J connectivity index is 1.64. The third-order valence-electron chi connectivity index (χ3n) is 4.18. The number of fused-ring (bicyclic) bond motifs is 1. The molecule has 7 nitrogen and oxygen atoms in total. The van der Waals surface area contributed by atoms with Gasteiger partial charge in [0, 0.05) is 25.9 Å². The van der Waals surface area contributed by atoms with Crippen LogP contribution in [-0.4, -0.2) is 43.4 Å². The van der Waals surface area contributed by atoms with Gasteiger partial charge in [-0.1, -0.05) is 0 Å². The minimum Gasteiger partial charge on any atom is -0.351 e. The van der Waals surface area contributed by atoms with Gasteiger partial charge in [0.05, 0.1) is 24.1 Å². The molecule has 1 N–H and O–H groups in total. The van der Waals surface area contributed by atoms with Crippen molar-refractivity contribution in [1.29, 1.82) is 0 Å². The Morgan fingerprint density at radius 2 is 2.22 bits per heavy atom.